The molecule has 0 atom stereocenters. The van der Waals surface area contributed by atoms with Gasteiger partial charge in [0.05, 0.1) is 0 Å². The van der Waals surface area contributed by atoms with Crippen molar-refractivity contribution in [1.82, 2.24) is 0 Å². The molecule has 0 heterocycles. The molecule has 1 rings (SSSR count). The molecule has 0 aliphatic heterocycles. The molecule has 0 bridgehead atoms. The van der Waals surface area contributed by atoms with Crippen LogP contribution in [0.1, 0.15) is 31.1 Å². The maximum atomic E-state index is 12.3. The van der Waals surface area contributed by atoms with Crippen LogP contribution in [0.4, 0.5) is 0 Å². The Morgan fingerprint density at radius 2 is 1.53 bits per heavy atom. The number of carbonyl (C=O) groups is 1. The molecule has 0 saturated carbocycles. The molecule has 0 spiro atoms. The normalized spacial score (nSPS) is 11.5. The predicted octanol–water partition coefficient (Wildman–Crippen LogP) is 5.14. The van der Waals surface area contributed by atoms with Crippen molar-refractivity contribution in [1.29, 1.82) is 0 Å². The van der Waals surface area contributed by atoms with Crippen LogP contribution in [0.2, 0.25) is 21.0 Å². The van der Waals surface area contributed by atoms with E-state index in [0.29, 0.717) is 5.78 Å². The molecule has 0 unspecified atom stereocenters. The van der Waals surface area contributed by atoms with Gasteiger partial charge in [-0.1, -0.05) is 0 Å². The summed E-state index contributed by atoms with van der Waals surface area (Å²) < 4.78 is 1.03. The Balaban J connectivity index is 2.81. The summed E-state index contributed by atoms with van der Waals surface area (Å²) in [5.74, 6) is 0.350. The van der Waals surface area contributed by atoms with E-state index in [4.69, 9.17) is 0 Å². The SMILES string of the molecule is C[CH2][Ge]([CH2]C)([CH2]C)[CH2]C(=O)c1ccc(Br)cc1. The summed E-state index contributed by atoms with van der Waals surface area (Å²) in [7, 11) is 0. The van der Waals surface area contributed by atoms with Crippen LogP contribution in [-0.4, -0.2) is 19.0 Å². The van der Waals surface area contributed by atoms with Crippen LogP contribution in [0, 0.1) is 0 Å². The molecule has 0 N–H and O–H groups in total. The quantitative estimate of drug-likeness (QED) is 0.509. The summed E-state index contributed by atoms with van der Waals surface area (Å²) in [5, 5.41) is 4.63. The number of carbonyl (C=O) groups excluding carboxylic acids is 1. The third-order valence-electron chi connectivity index (χ3n) is 3.95. The van der Waals surface area contributed by atoms with E-state index >= 15 is 0 Å². The molecular weight excluding hydrogens is 337 g/mol. The summed E-state index contributed by atoms with van der Waals surface area (Å²) in [4.78, 5) is 12.3. The minimum absolute atomic E-state index is 0.350. The van der Waals surface area contributed by atoms with Gasteiger partial charge in [-0.3, -0.25) is 0 Å². The zero-order valence-electron chi connectivity index (χ0n) is 10.9. The van der Waals surface area contributed by atoms with Crippen molar-refractivity contribution < 1.29 is 4.79 Å². The Morgan fingerprint density at radius 3 is 1.94 bits per heavy atom. The second-order valence-electron chi connectivity index (χ2n) is 4.67. The van der Waals surface area contributed by atoms with Gasteiger partial charge in [0, 0.05) is 0 Å². The van der Waals surface area contributed by atoms with Crippen LogP contribution in [0.5, 0.6) is 0 Å². The molecule has 3 heteroatoms. The Morgan fingerprint density at radius 1 is 1.06 bits per heavy atom. The summed E-state index contributed by atoms with van der Waals surface area (Å²) in [6.45, 7) is 6.80. The second-order valence-corrected chi connectivity index (χ2v) is 17.1. The molecule has 1 nitrogen and oxygen atoms in total. The fraction of sp³-hybridized carbons (Fsp3) is 0.500. The van der Waals surface area contributed by atoms with E-state index in [1.165, 1.54) is 15.8 Å². The molecule has 1 aromatic rings. The number of rotatable bonds is 6. The average Bonchev–Trinajstić information content (AvgIpc) is 2.37. The van der Waals surface area contributed by atoms with Gasteiger partial charge < -0.3 is 0 Å². The van der Waals surface area contributed by atoms with Gasteiger partial charge in [0.25, 0.3) is 0 Å². The Labute approximate surface area is 115 Å². The molecule has 94 valence electrons. The molecule has 0 aliphatic rings. The van der Waals surface area contributed by atoms with E-state index in [2.05, 4.69) is 36.7 Å². The summed E-state index contributed by atoms with van der Waals surface area (Å²) >= 11 is 1.53. The first-order valence-electron chi connectivity index (χ1n) is 6.35. The van der Waals surface area contributed by atoms with Crippen molar-refractivity contribution in [2.75, 3.05) is 0 Å². The number of halogens is 1. The average molecular weight is 358 g/mol. The van der Waals surface area contributed by atoms with Crippen molar-refractivity contribution in [3.63, 3.8) is 0 Å². The standard InChI is InChI=1S/C14H21BrGeO/c1-4-16(5-2,6-3)11-14(17)12-7-9-13(15)10-8-12/h7-10H,4-6,11H2,1-3H3. The fourth-order valence-corrected chi connectivity index (χ4v) is 9.05. The van der Waals surface area contributed by atoms with Crippen LogP contribution in [0.15, 0.2) is 28.7 Å². The molecule has 17 heavy (non-hydrogen) atoms. The summed E-state index contributed by atoms with van der Waals surface area (Å²) in [5.41, 5.74) is 0.874. The number of Topliss-reactive ketones (excluding diaryl/α,β-unsaturated/α-hetero) is 1. The third-order valence-corrected chi connectivity index (χ3v) is 16.2. The Kier molecular flexibility index (Phi) is 5.94. The zero-order valence-corrected chi connectivity index (χ0v) is 14.6. The van der Waals surface area contributed by atoms with Crippen LogP contribution in [-0.2, 0) is 0 Å². The van der Waals surface area contributed by atoms with E-state index < -0.39 is 13.3 Å². The van der Waals surface area contributed by atoms with E-state index in [9.17, 15) is 4.79 Å². The Hall–Kier alpha value is -0.0871. The molecule has 0 saturated heterocycles. The minimum atomic E-state index is -1.87. The van der Waals surface area contributed by atoms with Crippen molar-refractivity contribution >= 4 is 35.0 Å². The number of hydrogen-bond acceptors (Lipinski definition) is 1. The van der Waals surface area contributed by atoms with Crippen molar-refractivity contribution in [3.05, 3.63) is 34.3 Å². The maximum absolute atomic E-state index is 12.3. The third kappa shape index (κ3) is 3.95. The van der Waals surface area contributed by atoms with Crippen LogP contribution in [0.3, 0.4) is 0 Å². The number of benzene rings is 1. The molecule has 1 aromatic carbocycles. The monoisotopic (exact) mass is 358 g/mol. The number of ketones is 1. The van der Waals surface area contributed by atoms with Gasteiger partial charge in [-0.15, -0.1) is 0 Å². The van der Waals surface area contributed by atoms with Gasteiger partial charge in [-0.2, -0.15) is 0 Å². The predicted molar refractivity (Wildman–Crippen MR) is 80.5 cm³/mol. The molecular formula is C14H21BrGeO. The summed E-state index contributed by atoms with van der Waals surface area (Å²) in [6.07, 6.45) is 0. The van der Waals surface area contributed by atoms with Crippen LogP contribution < -0.4 is 0 Å². The molecule has 0 fully saturated rings. The first-order chi connectivity index (χ1) is 8.06. The Bertz CT molecular complexity index is 360. The molecule has 0 amide bonds. The van der Waals surface area contributed by atoms with Gasteiger partial charge in [0.15, 0.2) is 0 Å². The first-order valence-corrected chi connectivity index (χ1v) is 13.1. The van der Waals surface area contributed by atoms with Crippen molar-refractivity contribution in [3.8, 4) is 0 Å². The van der Waals surface area contributed by atoms with Gasteiger partial charge >= 0.3 is 116 Å². The van der Waals surface area contributed by atoms with Gasteiger partial charge in [0.2, 0.25) is 0 Å². The van der Waals surface area contributed by atoms with Gasteiger partial charge in [-0.25, -0.2) is 0 Å². The fourth-order valence-electron chi connectivity index (χ4n) is 2.20. The van der Waals surface area contributed by atoms with Gasteiger partial charge in [0.1, 0.15) is 0 Å². The van der Waals surface area contributed by atoms with Gasteiger partial charge in [-0.05, 0) is 0 Å². The topological polar surface area (TPSA) is 17.1 Å². The van der Waals surface area contributed by atoms with Crippen molar-refractivity contribution in [2.45, 2.75) is 41.8 Å². The summed E-state index contributed by atoms with van der Waals surface area (Å²) in [6, 6.07) is 7.76. The van der Waals surface area contributed by atoms with E-state index in [-0.39, 0.29) is 0 Å². The van der Waals surface area contributed by atoms with E-state index in [1.54, 1.807) is 0 Å². The molecule has 0 radical (unpaired) electrons. The van der Waals surface area contributed by atoms with E-state index in [0.717, 1.165) is 15.3 Å². The molecule has 0 aliphatic carbocycles. The zero-order chi connectivity index (χ0) is 12.9. The van der Waals surface area contributed by atoms with Crippen LogP contribution >= 0.6 is 15.9 Å². The van der Waals surface area contributed by atoms with Crippen molar-refractivity contribution in [2.24, 2.45) is 0 Å². The number of hydrogen-bond donors (Lipinski definition) is 0. The van der Waals surface area contributed by atoms with E-state index in [1.807, 2.05) is 24.3 Å². The second kappa shape index (κ2) is 6.74. The van der Waals surface area contributed by atoms with Crippen LogP contribution in [0.25, 0.3) is 0 Å². The molecule has 0 aromatic heterocycles. The first kappa shape index (κ1) is 15.0.